The monoisotopic (exact) mass is 363 g/mol. The third-order valence-corrected chi connectivity index (χ3v) is 4.07. The van der Waals surface area contributed by atoms with Crippen LogP contribution in [0, 0.1) is 5.82 Å². The summed E-state index contributed by atoms with van der Waals surface area (Å²) in [5, 5.41) is 2.65. The fourth-order valence-corrected chi connectivity index (χ4v) is 2.69. The lowest BCUT2D eigenvalue weighted by Crippen LogP contribution is -2.31. The highest BCUT2D eigenvalue weighted by Crippen LogP contribution is 2.22. The Labute approximate surface area is 152 Å². The Morgan fingerprint density at radius 1 is 1.11 bits per heavy atom. The maximum absolute atomic E-state index is 13.0. The normalized spacial score (nSPS) is 10.9. The van der Waals surface area contributed by atoms with E-state index in [0.717, 1.165) is 5.56 Å². The van der Waals surface area contributed by atoms with E-state index in [1.807, 2.05) is 0 Å². The van der Waals surface area contributed by atoms with Gasteiger partial charge < -0.3 is 9.73 Å². The molecule has 0 saturated heterocycles. The first kappa shape index (κ1) is 16.7. The second-order valence-electron chi connectivity index (χ2n) is 5.86. The van der Waals surface area contributed by atoms with E-state index in [-0.39, 0.29) is 17.9 Å². The van der Waals surface area contributed by atoms with Crippen LogP contribution in [0.4, 0.5) is 4.39 Å². The van der Waals surface area contributed by atoms with Gasteiger partial charge in [-0.3, -0.25) is 14.0 Å². The van der Waals surface area contributed by atoms with Crippen LogP contribution in [-0.4, -0.2) is 15.3 Å². The van der Waals surface area contributed by atoms with Gasteiger partial charge in [0.1, 0.15) is 28.5 Å². The molecule has 0 atom stereocenters. The van der Waals surface area contributed by atoms with Crippen LogP contribution in [0.25, 0.3) is 17.0 Å². The van der Waals surface area contributed by atoms with Gasteiger partial charge in [0.15, 0.2) is 0 Å². The summed E-state index contributed by atoms with van der Waals surface area (Å²) in [6, 6.07) is 14.5. The quantitative estimate of drug-likeness (QED) is 0.605. The Balaban J connectivity index is 1.49. The molecule has 7 heteroatoms. The van der Waals surface area contributed by atoms with Crippen molar-refractivity contribution >= 4 is 11.6 Å². The Morgan fingerprint density at radius 2 is 1.93 bits per heavy atom. The summed E-state index contributed by atoms with van der Waals surface area (Å²) in [6.07, 6.45) is 2.82. The first-order chi connectivity index (χ1) is 13.1. The largest absolute Gasteiger partial charge is 0.459 e. The van der Waals surface area contributed by atoms with Gasteiger partial charge >= 0.3 is 0 Å². The summed E-state index contributed by atoms with van der Waals surface area (Å²) < 4.78 is 20.0. The highest BCUT2D eigenvalue weighted by Gasteiger charge is 2.14. The zero-order valence-corrected chi connectivity index (χ0v) is 14.1. The van der Waals surface area contributed by atoms with Gasteiger partial charge in [-0.2, -0.15) is 0 Å². The number of halogens is 1. The summed E-state index contributed by atoms with van der Waals surface area (Å²) in [4.78, 5) is 28.9. The van der Waals surface area contributed by atoms with Crippen molar-refractivity contribution in [1.82, 2.24) is 14.7 Å². The third kappa shape index (κ3) is 3.35. The number of carbonyl (C=O) groups excluding carboxylic acids is 1. The number of aromatic nitrogens is 2. The van der Waals surface area contributed by atoms with Crippen LogP contribution in [0.3, 0.4) is 0 Å². The van der Waals surface area contributed by atoms with Crippen LogP contribution in [-0.2, 0) is 6.54 Å². The lowest BCUT2D eigenvalue weighted by molar-refractivity contribution is 0.0946. The van der Waals surface area contributed by atoms with E-state index in [2.05, 4.69) is 10.3 Å². The summed E-state index contributed by atoms with van der Waals surface area (Å²) >= 11 is 0. The van der Waals surface area contributed by atoms with Crippen molar-refractivity contribution < 1.29 is 13.6 Å². The number of nitrogens with one attached hydrogen (secondary N) is 1. The Morgan fingerprint density at radius 3 is 2.74 bits per heavy atom. The van der Waals surface area contributed by atoms with Crippen LogP contribution in [0.15, 0.2) is 76.2 Å². The summed E-state index contributed by atoms with van der Waals surface area (Å²) in [5.74, 6) is 0.210. The van der Waals surface area contributed by atoms with Gasteiger partial charge in [-0.25, -0.2) is 9.37 Å². The SMILES string of the molecule is O=C(NCc1ccc(-c2ccc(F)cc2)o1)c1cnc2ccccn2c1=O. The molecule has 0 bridgehead atoms. The molecule has 3 heterocycles. The Kier molecular flexibility index (Phi) is 4.25. The standard InChI is InChI=1S/C20H14FN3O3/c21-14-6-4-13(5-7-14)17-9-8-15(27-17)11-23-19(25)16-12-22-18-3-1-2-10-24(18)20(16)26/h1-10,12H,11H2,(H,23,25). The molecule has 6 nitrogen and oxygen atoms in total. The van der Waals surface area contributed by atoms with Crippen molar-refractivity contribution in [3.63, 3.8) is 0 Å². The van der Waals surface area contributed by atoms with Crippen LogP contribution >= 0.6 is 0 Å². The molecule has 0 aliphatic carbocycles. The molecule has 0 fully saturated rings. The molecule has 1 N–H and O–H groups in total. The maximum Gasteiger partial charge on any atom is 0.270 e. The van der Waals surface area contributed by atoms with Crippen molar-refractivity contribution in [3.05, 3.63) is 94.5 Å². The molecule has 0 unspecified atom stereocenters. The van der Waals surface area contributed by atoms with Crippen molar-refractivity contribution in [3.8, 4) is 11.3 Å². The Hall–Kier alpha value is -3.74. The fraction of sp³-hybridized carbons (Fsp3) is 0.0500. The van der Waals surface area contributed by atoms with E-state index in [0.29, 0.717) is 17.2 Å². The van der Waals surface area contributed by atoms with Crippen molar-refractivity contribution in [2.24, 2.45) is 0 Å². The predicted octanol–water partition coefficient (Wildman–Crippen LogP) is 3.02. The predicted molar refractivity (Wildman–Crippen MR) is 96.7 cm³/mol. The zero-order valence-electron chi connectivity index (χ0n) is 14.1. The lowest BCUT2D eigenvalue weighted by Gasteiger charge is -2.05. The summed E-state index contributed by atoms with van der Waals surface area (Å²) in [6.45, 7) is 0.108. The minimum atomic E-state index is -0.537. The van der Waals surface area contributed by atoms with E-state index in [4.69, 9.17) is 4.42 Å². The summed E-state index contributed by atoms with van der Waals surface area (Å²) in [5.41, 5.74) is 0.702. The van der Waals surface area contributed by atoms with Gasteiger partial charge in [0.25, 0.3) is 11.5 Å². The molecule has 4 aromatic rings. The van der Waals surface area contributed by atoms with Gasteiger partial charge in [0, 0.05) is 18.0 Å². The average Bonchev–Trinajstić information content (AvgIpc) is 3.16. The molecule has 4 rings (SSSR count). The highest BCUT2D eigenvalue weighted by atomic mass is 19.1. The molecule has 134 valence electrons. The van der Waals surface area contributed by atoms with Crippen LogP contribution in [0.2, 0.25) is 0 Å². The van der Waals surface area contributed by atoms with Crippen molar-refractivity contribution in [2.45, 2.75) is 6.54 Å². The van der Waals surface area contributed by atoms with Gasteiger partial charge in [-0.1, -0.05) is 6.07 Å². The maximum atomic E-state index is 13.0. The number of nitrogens with zero attached hydrogens (tertiary/aromatic N) is 2. The minimum Gasteiger partial charge on any atom is -0.459 e. The molecule has 1 amide bonds. The number of fused-ring (bicyclic) bond motifs is 1. The van der Waals surface area contributed by atoms with Crippen molar-refractivity contribution in [1.29, 1.82) is 0 Å². The number of hydrogen-bond donors (Lipinski definition) is 1. The second-order valence-corrected chi connectivity index (χ2v) is 5.86. The van der Waals surface area contributed by atoms with E-state index in [1.165, 1.54) is 22.7 Å². The molecule has 0 aliphatic heterocycles. The first-order valence-electron chi connectivity index (χ1n) is 8.21. The first-order valence-corrected chi connectivity index (χ1v) is 8.21. The number of benzene rings is 1. The number of hydrogen-bond acceptors (Lipinski definition) is 4. The molecular formula is C20H14FN3O3. The molecule has 3 aromatic heterocycles. The molecule has 0 saturated carbocycles. The molecule has 0 radical (unpaired) electrons. The molecular weight excluding hydrogens is 349 g/mol. The van der Waals surface area contributed by atoms with Crippen LogP contribution in [0.5, 0.6) is 0 Å². The van der Waals surface area contributed by atoms with E-state index < -0.39 is 11.5 Å². The van der Waals surface area contributed by atoms with Gasteiger partial charge in [-0.15, -0.1) is 0 Å². The molecule has 27 heavy (non-hydrogen) atoms. The van der Waals surface area contributed by atoms with Crippen molar-refractivity contribution in [2.75, 3.05) is 0 Å². The Bertz CT molecular complexity index is 1180. The highest BCUT2D eigenvalue weighted by molar-refractivity contribution is 5.93. The van der Waals surface area contributed by atoms with Gasteiger partial charge in [0.05, 0.1) is 6.54 Å². The van der Waals surface area contributed by atoms with E-state index in [1.54, 1.807) is 48.7 Å². The van der Waals surface area contributed by atoms with Gasteiger partial charge in [-0.05, 0) is 48.5 Å². The minimum absolute atomic E-state index is 0.0518. The number of carbonyl (C=O) groups is 1. The number of pyridine rings is 1. The average molecular weight is 363 g/mol. The van der Waals surface area contributed by atoms with E-state index >= 15 is 0 Å². The number of amides is 1. The van der Waals surface area contributed by atoms with Crippen LogP contribution < -0.4 is 10.9 Å². The molecule has 1 aromatic carbocycles. The number of rotatable bonds is 4. The molecule has 0 spiro atoms. The third-order valence-electron chi connectivity index (χ3n) is 4.07. The second kappa shape index (κ2) is 6.87. The smallest absolute Gasteiger partial charge is 0.270 e. The number of furan rings is 1. The topological polar surface area (TPSA) is 76.6 Å². The zero-order chi connectivity index (χ0) is 18.8. The van der Waals surface area contributed by atoms with Crippen LogP contribution in [0.1, 0.15) is 16.1 Å². The summed E-state index contributed by atoms with van der Waals surface area (Å²) in [7, 11) is 0. The molecule has 0 aliphatic rings. The lowest BCUT2D eigenvalue weighted by atomic mass is 10.2. The van der Waals surface area contributed by atoms with Gasteiger partial charge in [0.2, 0.25) is 0 Å². The fourth-order valence-electron chi connectivity index (χ4n) is 2.69. The van der Waals surface area contributed by atoms with E-state index in [9.17, 15) is 14.0 Å².